The van der Waals surface area contributed by atoms with Crippen LogP contribution in [0.25, 0.3) is 0 Å². The molecule has 0 radical (unpaired) electrons. The largest absolute Gasteiger partial charge is 0.397 e. The van der Waals surface area contributed by atoms with Gasteiger partial charge in [-0.2, -0.15) is 5.26 Å². The number of nitrogen functional groups attached to an aromatic ring is 1. The Morgan fingerprint density at radius 3 is 2.48 bits per heavy atom. The van der Waals surface area contributed by atoms with Gasteiger partial charge in [-0.25, -0.2) is 8.42 Å². The maximum absolute atomic E-state index is 12.7. The molecule has 0 aliphatic rings. The Labute approximate surface area is 124 Å². The van der Waals surface area contributed by atoms with Crippen LogP contribution in [0.3, 0.4) is 0 Å². The molecule has 2 aromatic rings. The molecule has 2 rings (SSSR count). The SMILES string of the molecule is Cc1ccc(C#N)cc1S(=O)(=O)N(C)c1ccccc1N. The van der Waals surface area contributed by atoms with Gasteiger partial charge < -0.3 is 5.73 Å². The predicted molar refractivity (Wildman–Crippen MR) is 82.3 cm³/mol. The van der Waals surface area contributed by atoms with E-state index in [4.69, 9.17) is 11.0 Å². The molecule has 0 saturated heterocycles. The highest BCUT2D eigenvalue weighted by Crippen LogP contribution is 2.28. The van der Waals surface area contributed by atoms with Gasteiger partial charge in [0.25, 0.3) is 10.0 Å². The fourth-order valence-electron chi connectivity index (χ4n) is 2.00. The van der Waals surface area contributed by atoms with Gasteiger partial charge in [0.05, 0.1) is 27.9 Å². The van der Waals surface area contributed by atoms with Crippen molar-refractivity contribution in [3.05, 3.63) is 53.6 Å². The fraction of sp³-hybridized carbons (Fsp3) is 0.133. The van der Waals surface area contributed by atoms with Crippen LogP contribution in [0.5, 0.6) is 0 Å². The normalized spacial score (nSPS) is 10.9. The van der Waals surface area contributed by atoms with Crippen LogP contribution < -0.4 is 10.0 Å². The molecule has 0 atom stereocenters. The van der Waals surface area contributed by atoms with Gasteiger partial charge in [0.1, 0.15) is 0 Å². The molecule has 5 nitrogen and oxygen atoms in total. The third-order valence-electron chi connectivity index (χ3n) is 3.23. The lowest BCUT2D eigenvalue weighted by Crippen LogP contribution is -2.28. The highest BCUT2D eigenvalue weighted by Gasteiger charge is 2.24. The summed E-state index contributed by atoms with van der Waals surface area (Å²) >= 11 is 0. The molecule has 0 fully saturated rings. The van der Waals surface area contributed by atoms with E-state index in [1.165, 1.54) is 13.1 Å². The Morgan fingerprint density at radius 2 is 1.86 bits per heavy atom. The number of anilines is 2. The Bertz CT molecular complexity index is 823. The van der Waals surface area contributed by atoms with Crippen molar-refractivity contribution < 1.29 is 8.42 Å². The van der Waals surface area contributed by atoms with Gasteiger partial charge in [0.15, 0.2) is 0 Å². The zero-order chi connectivity index (χ0) is 15.6. The van der Waals surface area contributed by atoms with Gasteiger partial charge in [-0.05, 0) is 36.8 Å². The van der Waals surface area contributed by atoms with E-state index < -0.39 is 10.0 Å². The Balaban J connectivity index is 2.58. The quantitative estimate of drug-likeness (QED) is 0.881. The van der Waals surface area contributed by atoms with Crippen molar-refractivity contribution in [1.29, 1.82) is 5.26 Å². The predicted octanol–water partition coefficient (Wildman–Crippen LogP) is 2.27. The summed E-state index contributed by atoms with van der Waals surface area (Å²) in [6, 6.07) is 13.3. The molecule has 0 heterocycles. The van der Waals surface area contributed by atoms with E-state index in [-0.39, 0.29) is 4.90 Å². The van der Waals surface area contributed by atoms with Gasteiger partial charge in [0, 0.05) is 7.05 Å². The van der Waals surface area contributed by atoms with Crippen LogP contribution in [0.15, 0.2) is 47.4 Å². The van der Waals surface area contributed by atoms with Crippen molar-refractivity contribution >= 4 is 21.4 Å². The summed E-state index contributed by atoms with van der Waals surface area (Å²) in [5, 5.41) is 8.94. The number of nitrogens with zero attached hydrogens (tertiary/aromatic N) is 2. The lowest BCUT2D eigenvalue weighted by atomic mass is 10.2. The molecule has 0 saturated carbocycles. The standard InChI is InChI=1S/C15H15N3O2S/c1-11-7-8-12(10-16)9-15(11)21(19,20)18(2)14-6-4-3-5-13(14)17/h3-9H,17H2,1-2H3. The summed E-state index contributed by atoms with van der Waals surface area (Å²) in [4.78, 5) is 0.104. The van der Waals surface area contributed by atoms with E-state index in [0.717, 1.165) is 4.31 Å². The highest BCUT2D eigenvalue weighted by molar-refractivity contribution is 7.92. The van der Waals surface area contributed by atoms with E-state index in [0.29, 0.717) is 22.5 Å². The third-order valence-corrected chi connectivity index (χ3v) is 5.15. The number of hydrogen-bond acceptors (Lipinski definition) is 4. The number of rotatable bonds is 3. The third kappa shape index (κ3) is 2.69. The van der Waals surface area contributed by atoms with Crippen LogP contribution in [-0.4, -0.2) is 15.5 Å². The fourth-order valence-corrected chi connectivity index (χ4v) is 3.47. The van der Waals surface area contributed by atoms with Crippen LogP contribution >= 0.6 is 0 Å². The van der Waals surface area contributed by atoms with Crippen molar-refractivity contribution in [2.45, 2.75) is 11.8 Å². The second-order valence-electron chi connectivity index (χ2n) is 4.62. The lowest BCUT2D eigenvalue weighted by molar-refractivity contribution is 0.594. The molecule has 0 aliphatic heterocycles. The van der Waals surface area contributed by atoms with Crippen LogP contribution in [0.1, 0.15) is 11.1 Å². The zero-order valence-electron chi connectivity index (χ0n) is 11.7. The van der Waals surface area contributed by atoms with Gasteiger partial charge in [-0.15, -0.1) is 0 Å². The van der Waals surface area contributed by atoms with Crippen LogP contribution in [0, 0.1) is 18.3 Å². The van der Waals surface area contributed by atoms with Crippen molar-refractivity contribution in [1.82, 2.24) is 0 Å². The minimum absolute atomic E-state index is 0.104. The average molecular weight is 301 g/mol. The molecule has 0 unspecified atom stereocenters. The maximum atomic E-state index is 12.7. The first-order valence-corrected chi connectivity index (χ1v) is 7.66. The number of benzene rings is 2. The van der Waals surface area contributed by atoms with E-state index in [9.17, 15) is 8.42 Å². The number of para-hydroxylation sites is 2. The zero-order valence-corrected chi connectivity index (χ0v) is 12.6. The summed E-state index contributed by atoms with van der Waals surface area (Å²) in [7, 11) is -2.33. The first-order chi connectivity index (χ1) is 9.87. The molecule has 6 heteroatoms. The number of sulfonamides is 1. The van der Waals surface area contributed by atoms with Gasteiger partial charge in [-0.3, -0.25) is 4.31 Å². The van der Waals surface area contributed by atoms with Crippen molar-refractivity contribution in [2.75, 3.05) is 17.1 Å². The number of nitriles is 1. The summed E-state index contributed by atoms with van der Waals surface area (Å²) in [5.41, 5.74) is 7.49. The summed E-state index contributed by atoms with van der Waals surface area (Å²) < 4.78 is 26.6. The van der Waals surface area contributed by atoms with Crippen molar-refractivity contribution in [2.24, 2.45) is 0 Å². The molecular formula is C15H15N3O2S. The molecule has 0 bridgehead atoms. The average Bonchev–Trinajstić information content (AvgIpc) is 2.47. The summed E-state index contributed by atoms with van der Waals surface area (Å²) in [6.45, 7) is 1.69. The van der Waals surface area contributed by atoms with Crippen LogP contribution in [-0.2, 0) is 10.0 Å². The minimum Gasteiger partial charge on any atom is -0.397 e. The molecule has 2 N–H and O–H groups in total. The molecule has 0 spiro atoms. The second-order valence-corrected chi connectivity index (χ2v) is 6.56. The molecular weight excluding hydrogens is 286 g/mol. The van der Waals surface area contributed by atoms with E-state index in [1.54, 1.807) is 43.3 Å². The smallest absolute Gasteiger partial charge is 0.264 e. The molecule has 2 aromatic carbocycles. The number of aryl methyl sites for hydroxylation is 1. The summed E-state index contributed by atoms with van der Waals surface area (Å²) in [6.07, 6.45) is 0. The van der Waals surface area contributed by atoms with Gasteiger partial charge in [-0.1, -0.05) is 18.2 Å². The molecule has 0 amide bonds. The van der Waals surface area contributed by atoms with E-state index in [2.05, 4.69) is 0 Å². The Kier molecular flexibility index (Phi) is 3.87. The molecule has 108 valence electrons. The van der Waals surface area contributed by atoms with Crippen LogP contribution in [0.2, 0.25) is 0 Å². The van der Waals surface area contributed by atoms with Crippen LogP contribution in [0.4, 0.5) is 11.4 Å². The van der Waals surface area contributed by atoms with Crippen molar-refractivity contribution in [3.8, 4) is 6.07 Å². The Morgan fingerprint density at radius 1 is 1.19 bits per heavy atom. The number of hydrogen-bond donors (Lipinski definition) is 1. The Hall–Kier alpha value is -2.52. The molecule has 21 heavy (non-hydrogen) atoms. The number of nitrogens with two attached hydrogens (primary N) is 1. The van der Waals surface area contributed by atoms with E-state index in [1.807, 2.05) is 6.07 Å². The molecule has 0 aliphatic carbocycles. The first kappa shape index (κ1) is 14.9. The van der Waals surface area contributed by atoms with Gasteiger partial charge in [0.2, 0.25) is 0 Å². The maximum Gasteiger partial charge on any atom is 0.264 e. The van der Waals surface area contributed by atoms with E-state index >= 15 is 0 Å². The first-order valence-electron chi connectivity index (χ1n) is 6.22. The topological polar surface area (TPSA) is 87.2 Å². The molecule has 0 aromatic heterocycles. The monoisotopic (exact) mass is 301 g/mol. The second kappa shape index (κ2) is 5.46. The highest BCUT2D eigenvalue weighted by atomic mass is 32.2. The summed E-state index contributed by atoms with van der Waals surface area (Å²) in [5.74, 6) is 0. The van der Waals surface area contributed by atoms with Crippen molar-refractivity contribution in [3.63, 3.8) is 0 Å². The minimum atomic E-state index is -3.78. The van der Waals surface area contributed by atoms with Gasteiger partial charge >= 0.3 is 0 Å². The lowest BCUT2D eigenvalue weighted by Gasteiger charge is -2.22.